The van der Waals surface area contributed by atoms with Crippen molar-refractivity contribution in [2.24, 2.45) is 0 Å². The number of hydrogen-bond donors (Lipinski definition) is 1. The topological polar surface area (TPSA) is 52.3 Å². The van der Waals surface area contributed by atoms with Crippen LogP contribution < -0.4 is 10.5 Å². The van der Waals surface area contributed by atoms with Crippen LogP contribution in [0.2, 0.25) is 0 Å². The molecule has 1 aromatic heterocycles. The van der Waals surface area contributed by atoms with Crippen LogP contribution in [-0.4, -0.2) is 12.4 Å². The Hall–Kier alpha value is -2.59. The molecule has 0 saturated carbocycles. The second-order valence-corrected chi connectivity index (χ2v) is 7.10. The minimum Gasteiger partial charge on any atom is -0.494 e. The summed E-state index contributed by atoms with van der Waals surface area (Å²) < 4.78 is 5.58. The van der Waals surface area contributed by atoms with Crippen LogP contribution in [0.1, 0.15) is 34.1 Å². The Balaban J connectivity index is 1.98. The van der Waals surface area contributed by atoms with Gasteiger partial charge in [0, 0.05) is 16.0 Å². The molecule has 0 amide bonds. The number of ketones is 1. The first-order valence-corrected chi connectivity index (χ1v) is 9.15. The van der Waals surface area contributed by atoms with E-state index >= 15 is 0 Å². The van der Waals surface area contributed by atoms with E-state index in [9.17, 15) is 4.79 Å². The van der Waals surface area contributed by atoms with Crippen LogP contribution in [0.5, 0.6) is 5.75 Å². The third-order valence-corrected chi connectivity index (χ3v) is 4.92. The van der Waals surface area contributed by atoms with E-state index in [2.05, 4.69) is 6.92 Å². The van der Waals surface area contributed by atoms with E-state index in [4.69, 9.17) is 10.5 Å². The fraction of sp³-hybridized carbons (Fsp3) is 0.190. The molecule has 3 aromatic rings. The highest BCUT2D eigenvalue weighted by Gasteiger charge is 2.22. The van der Waals surface area contributed by atoms with E-state index in [1.165, 1.54) is 11.3 Å². The van der Waals surface area contributed by atoms with Crippen LogP contribution in [0.25, 0.3) is 11.1 Å². The minimum atomic E-state index is -0.0530. The van der Waals surface area contributed by atoms with E-state index in [0.717, 1.165) is 28.2 Å². The SMILES string of the molecule is CCCOc1ccc(C(=O)c2c(N)sc(C)c2-c2ccccc2)cc1. The Labute approximate surface area is 152 Å². The lowest BCUT2D eigenvalue weighted by molar-refractivity contribution is 0.104. The van der Waals surface area contributed by atoms with Crippen LogP contribution in [0, 0.1) is 6.92 Å². The molecule has 0 radical (unpaired) electrons. The summed E-state index contributed by atoms with van der Waals surface area (Å²) in [5, 5.41) is 0.563. The molecule has 3 nitrogen and oxygen atoms in total. The van der Waals surface area contributed by atoms with Gasteiger partial charge in [-0.05, 0) is 43.2 Å². The Morgan fingerprint density at radius 1 is 1.08 bits per heavy atom. The lowest BCUT2D eigenvalue weighted by Crippen LogP contribution is -2.05. The molecule has 128 valence electrons. The molecule has 0 fully saturated rings. The molecule has 0 aliphatic heterocycles. The van der Waals surface area contributed by atoms with Gasteiger partial charge in [0.1, 0.15) is 5.75 Å². The van der Waals surface area contributed by atoms with Gasteiger partial charge < -0.3 is 10.5 Å². The van der Waals surface area contributed by atoms with Crippen molar-refractivity contribution in [3.63, 3.8) is 0 Å². The number of thiophene rings is 1. The molecule has 0 saturated heterocycles. The van der Waals surface area contributed by atoms with Gasteiger partial charge in [0.05, 0.1) is 17.2 Å². The van der Waals surface area contributed by atoms with Gasteiger partial charge in [0.15, 0.2) is 5.78 Å². The predicted octanol–water partition coefficient (Wildman–Crippen LogP) is 5.33. The van der Waals surface area contributed by atoms with Gasteiger partial charge in [-0.25, -0.2) is 0 Å². The van der Waals surface area contributed by atoms with Crippen LogP contribution in [-0.2, 0) is 0 Å². The summed E-state index contributed by atoms with van der Waals surface area (Å²) in [6.45, 7) is 4.73. The van der Waals surface area contributed by atoms with Crippen molar-refractivity contribution in [3.8, 4) is 16.9 Å². The van der Waals surface area contributed by atoms with Gasteiger partial charge in [-0.2, -0.15) is 0 Å². The predicted molar refractivity (Wildman–Crippen MR) is 105 cm³/mol. The summed E-state index contributed by atoms with van der Waals surface area (Å²) in [5.74, 6) is 0.721. The Bertz CT molecular complexity index is 867. The maximum Gasteiger partial charge on any atom is 0.196 e. The molecule has 0 unspecified atom stereocenters. The first-order chi connectivity index (χ1) is 12.1. The van der Waals surface area contributed by atoms with E-state index in [0.29, 0.717) is 22.7 Å². The number of aryl methyl sites for hydroxylation is 1. The van der Waals surface area contributed by atoms with Crippen LogP contribution >= 0.6 is 11.3 Å². The largest absolute Gasteiger partial charge is 0.494 e. The number of hydrogen-bond acceptors (Lipinski definition) is 4. The molecular formula is C21H21NO2S. The summed E-state index contributed by atoms with van der Waals surface area (Å²) in [6.07, 6.45) is 0.950. The number of carbonyl (C=O) groups is 1. The molecule has 1 heterocycles. The third kappa shape index (κ3) is 3.59. The van der Waals surface area contributed by atoms with Crippen LogP contribution in [0.15, 0.2) is 54.6 Å². The molecule has 2 aromatic carbocycles. The smallest absolute Gasteiger partial charge is 0.196 e. The van der Waals surface area contributed by atoms with Crippen LogP contribution in [0.3, 0.4) is 0 Å². The lowest BCUT2D eigenvalue weighted by Gasteiger charge is -2.08. The fourth-order valence-corrected chi connectivity index (χ4v) is 3.76. The average molecular weight is 351 g/mol. The van der Waals surface area contributed by atoms with E-state index < -0.39 is 0 Å². The van der Waals surface area contributed by atoms with E-state index in [-0.39, 0.29) is 5.78 Å². The van der Waals surface area contributed by atoms with Crippen molar-refractivity contribution in [1.29, 1.82) is 0 Å². The quantitative estimate of drug-likeness (QED) is 0.611. The zero-order valence-corrected chi connectivity index (χ0v) is 15.2. The van der Waals surface area contributed by atoms with Crippen molar-refractivity contribution in [2.45, 2.75) is 20.3 Å². The number of nitrogen functional groups attached to an aromatic ring is 1. The second kappa shape index (κ2) is 7.53. The first-order valence-electron chi connectivity index (χ1n) is 8.33. The van der Waals surface area contributed by atoms with Crippen LogP contribution in [0.4, 0.5) is 5.00 Å². The van der Waals surface area contributed by atoms with Crippen molar-refractivity contribution in [1.82, 2.24) is 0 Å². The average Bonchev–Trinajstić information content (AvgIpc) is 2.94. The zero-order valence-electron chi connectivity index (χ0n) is 14.4. The lowest BCUT2D eigenvalue weighted by atomic mass is 9.95. The monoisotopic (exact) mass is 351 g/mol. The highest BCUT2D eigenvalue weighted by molar-refractivity contribution is 7.16. The molecule has 0 spiro atoms. The first kappa shape index (κ1) is 17.2. The van der Waals surface area contributed by atoms with E-state index in [1.807, 2.05) is 49.4 Å². The number of ether oxygens (including phenoxy) is 1. The standard InChI is InChI=1S/C21H21NO2S/c1-3-13-24-17-11-9-16(10-12-17)20(23)19-18(14(2)25-21(19)22)15-7-5-4-6-8-15/h4-12H,3,13,22H2,1-2H3. The summed E-state index contributed by atoms with van der Waals surface area (Å²) >= 11 is 1.46. The third-order valence-electron chi connectivity index (χ3n) is 3.99. The van der Waals surface area contributed by atoms with Crippen molar-refractivity contribution >= 4 is 22.1 Å². The minimum absolute atomic E-state index is 0.0530. The zero-order chi connectivity index (χ0) is 17.8. The summed E-state index contributed by atoms with van der Waals surface area (Å²) in [6, 6.07) is 17.2. The van der Waals surface area contributed by atoms with Gasteiger partial charge in [-0.15, -0.1) is 11.3 Å². The Morgan fingerprint density at radius 3 is 2.40 bits per heavy atom. The highest BCUT2D eigenvalue weighted by atomic mass is 32.1. The number of anilines is 1. The highest BCUT2D eigenvalue weighted by Crippen LogP contribution is 2.39. The van der Waals surface area contributed by atoms with Gasteiger partial charge in [0.2, 0.25) is 0 Å². The summed E-state index contributed by atoms with van der Waals surface area (Å²) in [7, 11) is 0. The number of benzene rings is 2. The van der Waals surface area contributed by atoms with Crippen molar-refractivity contribution in [2.75, 3.05) is 12.3 Å². The van der Waals surface area contributed by atoms with Gasteiger partial charge in [0.25, 0.3) is 0 Å². The number of carbonyl (C=O) groups excluding carboxylic acids is 1. The molecule has 2 N–H and O–H groups in total. The summed E-state index contributed by atoms with van der Waals surface area (Å²) in [5.41, 5.74) is 9.34. The van der Waals surface area contributed by atoms with E-state index in [1.54, 1.807) is 12.1 Å². The second-order valence-electron chi connectivity index (χ2n) is 5.84. The molecule has 0 aliphatic carbocycles. The fourth-order valence-electron chi connectivity index (χ4n) is 2.81. The Kier molecular flexibility index (Phi) is 5.19. The molecule has 0 aliphatic rings. The summed E-state index contributed by atoms with van der Waals surface area (Å²) in [4.78, 5) is 14.1. The van der Waals surface area contributed by atoms with Gasteiger partial charge in [-0.1, -0.05) is 37.3 Å². The molecule has 4 heteroatoms. The number of rotatable bonds is 6. The van der Waals surface area contributed by atoms with Gasteiger partial charge in [-0.3, -0.25) is 4.79 Å². The Morgan fingerprint density at radius 2 is 1.76 bits per heavy atom. The molecule has 0 bridgehead atoms. The van der Waals surface area contributed by atoms with Crippen molar-refractivity contribution < 1.29 is 9.53 Å². The molecule has 25 heavy (non-hydrogen) atoms. The van der Waals surface area contributed by atoms with Crippen molar-refractivity contribution in [3.05, 3.63) is 70.6 Å². The molecular weight excluding hydrogens is 330 g/mol. The molecule has 0 atom stereocenters. The maximum atomic E-state index is 13.1. The molecule has 3 rings (SSSR count). The van der Waals surface area contributed by atoms with Gasteiger partial charge >= 0.3 is 0 Å². The number of nitrogens with two attached hydrogens (primary N) is 1. The normalized spacial score (nSPS) is 10.6. The maximum absolute atomic E-state index is 13.1.